The number of fused-ring (bicyclic) bond motifs is 1. The first kappa shape index (κ1) is 13.6. The van der Waals surface area contributed by atoms with Crippen molar-refractivity contribution in [2.24, 2.45) is 34.0 Å². The molecule has 5 aliphatic rings. The third kappa shape index (κ3) is 1.08. The van der Waals surface area contributed by atoms with Crippen LogP contribution in [0.2, 0.25) is 0 Å². The molecule has 110 valence electrons. The average molecular weight is 302 g/mol. The molecule has 1 saturated heterocycles. The Bertz CT molecular complexity index is 831. The van der Waals surface area contributed by atoms with Gasteiger partial charge in [-0.1, -0.05) is 18.2 Å². The number of rotatable bonds is 0. The zero-order valence-corrected chi connectivity index (χ0v) is 11.9. The molecule has 1 saturated carbocycles. The van der Waals surface area contributed by atoms with Gasteiger partial charge in [0.25, 0.3) is 0 Å². The predicted molar refractivity (Wildman–Crippen MR) is 73.0 cm³/mol. The Morgan fingerprint density at radius 2 is 1.52 bits per heavy atom. The van der Waals surface area contributed by atoms with Crippen LogP contribution in [0, 0.1) is 79.3 Å². The smallest absolute Gasteiger partial charge is 0.307 e. The van der Waals surface area contributed by atoms with Gasteiger partial charge < -0.3 is 4.74 Å². The maximum Gasteiger partial charge on any atom is 0.307 e. The molecule has 1 aliphatic heterocycles. The van der Waals surface area contributed by atoms with E-state index in [2.05, 4.69) is 0 Å². The second kappa shape index (κ2) is 3.81. The fourth-order valence-electron chi connectivity index (χ4n) is 5.21. The van der Waals surface area contributed by atoms with Gasteiger partial charge in [0, 0.05) is 17.3 Å². The summed E-state index contributed by atoms with van der Waals surface area (Å²) in [7, 11) is 0. The molecule has 5 rings (SSSR count). The topological polar surface area (TPSA) is 121 Å². The zero-order chi connectivity index (χ0) is 16.5. The molecule has 6 nitrogen and oxygen atoms in total. The fourth-order valence-corrected chi connectivity index (χ4v) is 5.21. The molecule has 0 aromatic heterocycles. The first-order chi connectivity index (χ1) is 11.1. The molecular weight excluding hydrogens is 292 g/mol. The lowest BCUT2D eigenvalue weighted by Crippen LogP contribution is -2.65. The number of nitriles is 4. The average Bonchev–Trinajstić information content (AvgIpc) is 3.08. The van der Waals surface area contributed by atoms with Crippen molar-refractivity contribution in [3.63, 3.8) is 0 Å². The molecule has 23 heavy (non-hydrogen) atoms. The van der Waals surface area contributed by atoms with Gasteiger partial charge in [0.1, 0.15) is 6.10 Å². The number of ether oxygens (including phenoxy) is 1. The quantitative estimate of drug-likeness (QED) is 0.492. The van der Waals surface area contributed by atoms with Crippen LogP contribution in [-0.2, 0) is 9.53 Å². The number of allylic oxidation sites excluding steroid dienone is 3. The minimum Gasteiger partial charge on any atom is -0.457 e. The van der Waals surface area contributed by atoms with Crippen molar-refractivity contribution in [2.45, 2.75) is 12.5 Å². The van der Waals surface area contributed by atoms with Crippen LogP contribution in [0.5, 0.6) is 0 Å². The molecule has 5 atom stereocenters. The van der Waals surface area contributed by atoms with Crippen LogP contribution < -0.4 is 0 Å². The van der Waals surface area contributed by atoms with Gasteiger partial charge in [-0.2, -0.15) is 21.0 Å². The second-order valence-corrected chi connectivity index (χ2v) is 6.56. The highest BCUT2D eigenvalue weighted by molar-refractivity contribution is 5.75. The van der Waals surface area contributed by atoms with Crippen molar-refractivity contribution in [1.82, 2.24) is 0 Å². The van der Waals surface area contributed by atoms with E-state index in [1.807, 2.05) is 30.4 Å². The highest BCUT2D eigenvalue weighted by Gasteiger charge is 2.79. The van der Waals surface area contributed by atoms with Crippen LogP contribution in [0.15, 0.2) is 24.3 Å². The van der Waals surface area contributed by atoms with Crippen molar-refractivity contribution in [2.75, 3.05) is 0 Å². The van der Waals surface area contributed by atoms with Gasteiger partial charge in [-0.3, -0.25) is 4.79 Å². The summed E-state index contributed by atoms with van der Waals surface area (Å²) in [5.74, 6) is -1.94. The van der Waals surface area contributed by atoms with Crippen LogP contribution in [-0.4, -0.2) is 12.1 Å². The molecule has 1 heterocycles. The van der Waals surface area contributed by atoms with E-state index >= 15 is 0 Å². The first-order valence-corrected chi connectivity index (χ1v) is 7.27. The third-order valence-electron chi connectivity index (χ3n) is 6.12. The summed E-state index contributed by atoms with van der Waals surface area (Å²) in [6, 6.07) is 7.90. The van der Waals surface area contributed by atoms with Crippen LogP contribution in [0.4, 0.5) is 0 Å². The second-order valence-electron chi connectivity index (χ2n) is 6.56. The van der Waals surface area contributed by atoms with Crippen LogP contribution >= 0.6 is 0 Å². The number of carbonyl (C=O) groups is 1. The Kier molecular flexibility index (Phi) is 2.25. The summed E-state index contributed by atoms with van der Waals surface area (Å²) in [5.41, 5.74) is -4.31. The lowest BCUT2D eigenvalue weighted by molar-refractivity contribution is -0.140. The molecule has 0 N–H and O–H groups in total. The standard InChI is InChI=1S/C17H10N4O2/c18-6-15(7-19)10-1-3-12(16(15,8-20)9-21)17-5-14(22)23-13(17)4-2-11(10)17/h1-4,10-13H,5H2/t10-,11-,12+,13+,17+/m0/s1. The Hall–Kier alpha value is -3.09. The van der Waals surface area contributed by atoms with Crippen molar-refractivity contribution in [1.29, 1.82) is 21.0 Å². The molecule has 6 heteroatoms. The summed E-state index contributed by atoms with van der Waals surface area (Å²) >= 11 is 0. The van der Waals surface area contributed by atoms with E-state index < -0.39 is 34.2 Å². The maximum absolute atomic E-state index is 11.9. The number of nitrogens with zero attached hydrogens (tertiary/aromatic N) is 4. The first-order valence-electron chi connectivity index (χ1n) is 7.27. The maximum atomic E-state index is 11.9. The Morgan fingerprint density at radius 3 is 2.13 bits per heavy atom. The van der Waals surface area contributed by atoms with E-state index in [0.29, 0.717) is 0 Å². The lowest BCUT2D eigenvalue weighted by atomic mass is 9.37. The van der Waals surface area contributed by atoms with Crippen LogP contribution in [0.1, 0.15) is 6.42 Å². The van der Waals surface area contributed by atoms with E-state index in [9.17, 15) is 25.8 Å². The van der Waals surface area contributed by atoms with Crippen molar-refractivity contribution in [3.8, 4) is 24.3 Å². The van der Waals surface area contributed by atoms with Gasteiger partial charge in [-0.05, 0) is 12.0 Å². The molecule has 4 aliphatic carbocycles. The lowest BCUT2D eigenvalue weighted by Gasteiger charge is -2.59. The fraction of sp³-hybridized carbons (Fsp3) is 0.471. The monoisotopic (exact) mass is 302 g/mol. The normalized spacial score (nSPS) is 42.5. The van der Waals surface area contributed by atoms with Crippen molar-refractivity contribution in [3.05, 3.63) is 24.3 Å². The molecule has 0 unspecified atom stereocenters. The molecule has 0 radical (unpaired) electrons. The number of carbonyl (C=O) groups excluding carboxylic acids is 1. The van der Waals surface area contributed by atoms with Crippen LogP contribution in [0.25, 0.3) is 0 Å². The predicted octanol–water partition coefficient (Wildman–Crippen LogP) is 1.36. The Balaban J connectivity index is 2.05. The Morgan fingerprint density at radius 1 is 0.913 bits per heavy atom. The van der Waals surface area contributed by atoms with E-state index in [1.165, 1.54) is 0 Å². The van der Waals surface area contributed by atoms with Crippen molar-refractivity contribution >= 4 is 5.97 Å². The van der Waals surface area contributed by atoms with Gasteiger partial charge in [0.05, 0.1) is 30.7 Å². The van der Waals surface area contributed by atoms with E-state index in [4.69, 9.17) is 4.74 Å². The Labute approximate surface area is 132 Å². The summed E-state index contributed by atoms with van der Waals surface area (Å²) < 4.78 is 5.37. The van der Waals surface area contributed by atoms with Gasteiger partial charge in [0.2, 0.25) is 0 Å². The molecule has 0 aromatic rings. The number of hydrogen-bond donors (Lipinski definition) is 0. The van der Waals surface area contributed by atoms with Gasteiger partial charge in [0.15, 0.2) is 10.8 Å². The van der Waals surface area contributed by atoms with E-state index in [1.54, 1.807) is 18.2 Å². The molecular formula is C17H10N4O2. The van der Waals surface area contributed by atoms with Gasteiger partial charge >= 0.3 is 5.97 Å². The third-order valence-corrected chi connectivity index (χ3v) is 6.12. The number of hydrogen-bond acceptors (Lipinski definition) is 6. The minimum atomic E-state index is -1.81. The highest BCUT2D eigenvalue weighted by Crippen LogP contribution is 2.73. The molecule has 0 aromatic carbocycles. The SMILES string of the molecule is N#CC1(C#N)[C@H]2C=C[C@@H]([C@@H]3C=C[C@H]4OC(=O)C[C@@]243)C1(C#N)C#N. The van der Waals surface area contributed by atoms with E-state index in [0.717, 1.165) is 0 Å². The van der Waals surface area contributed by atoms with Crippen LogP contribution in [0.3, 0.4) is 0 Å². The van der Waals surface area contributed by atoms with Crippen molar-refractivity contribution < 1.29 is 9.53 Å². The van der Waals surface area contributed by atoms with E-state index in [-0.39, 0.29) is 18.3 Å². The minimum absolute atomic E-state index is 0.0961. The van der Waals surface area contributed by atoms with Gasteiger partial charge in [-0.15, -0.1) is 0 Å². The molecule has 0 amide bonds. The zero-order valence-electron chi connectivity index (χ0n) is 11.9. The summed E-state index contributed by atoms with van der Waals surface area (Å²) in [4.78, 5) is 11.9. The summed E-state index contributed by atoms with van der Waals surface area (Å²) in [6.07, 6.45) is 6.73. The largest absolute Gasteiger partial charge is 0.457 e. The number of esters is 1. The molecule has 1 spiro atoms. The summed E-state index contributed by atoms with van der Waals surface area (Å²) in [5, 5.41) is 39.1. The summed E-state index contributed by atoms with van der Waals surface area (Å²) in [6.45, 7) is 0. The highest BCUT2D eigenvalue weighted by atomic mass is 16.6. The van der Waals surface area contributed by atoms with Gasteiger partial charge in [-0.25, -0.2) is 0 Å². The molecule has 2 bridgehead atoms. The molecule has 2 fully saturated rings.